The summed E-state index contributed by atoms with van der Waals surface area (Å²) in [4.78, 5) is 6.80. The van der Waals surface area contributed by atoms with E-state index in [0.29, 0.717) is 6.54 Å². The molecule has 120 valence electrons. The van der Waals surface area contributed by atoms with E-state index in [-0.39, 0.29) is 0 Å². The number of aryl methyl sites for hydroxylation is 1. The van der Waals surface area contributed by atoms with Crippen molar-refractivity contribution in [3.63, 3.8) is 0 Å². The molecule has 2 aromatic rings. The highest BCUT2D eigenvalue weighted by molar-refractivity contribution is 9.10. The van der Waals surface area contributed by atoms with E-state index in [1.807, 2.05) is 12.1 Å². The molecule has 2 rings (SSSR count). The number of nitrogens with zero attached hydrogens (tertiary/aromatic N) is 3. The monoisotopic (exact) mass is 366 g/mol. The van der Waals surface area contributed by atoms with E-state index in [1.54, 1.807) is 6.26 Å². The van der Waals surface area contributed by atoms with E-state index in [9.17, 15) is 0 Å². The van der Waals surface area contributed by atoms with E-state index in [2.05, 4.69) is 69.0 Å². The molecular weight excluding hydrogens is 344 g/mol. The van der Waals surface area contributed by atoms with Gasteiger partial charge in [-0.1, -0.05) is 0 Å². The smallest absolute Gasteiger partial charge is 0.194 e. The lowest BCUT2D eigenvalue weighted by Gasteiger charge is -2.22. The van der Waals surface area contributed by atoms with Gasteiger partial charge in [0.15, 0.2) is 5.96 Å². The number of hydrogen-bond donors (Lipinski definition) is 1. The molecule has 1 N–H and O–H groups in total. The summed E-state index contributed by atoms with van der Waals surface area (Å²) >= 11 is 3.51. The van der Waals surface area contributed by atoms with Crippen molar-refractivity contribution >= 4 is 21.9 Å². The number of aliphatic imine (C=N–C) groups is 1. The molecule has 0 saturated carbocycles. The van der Waals surface area contributed by atoms with Gasteiger partial charge in [-0.15, -0.1) is 0 Å². The van der Waals surface area contributed by atoms with Crippen molar-refractivity contribution in [1.82, 2.24) is 14.8 Å². The number of halogens is 1. The minimum absolute atomic E-state index is 0.705. The van der Waals surface area contributed by atoms with Crippen molar-refractivity contribution in [1.29, 1.82) is 0 Å². The predicted molar refractivity (Wildman–Crippen MR) is 93.0 cm³/mol. The maximum Gasteiger partial charge on any atom is 0.194 e. The van der Waals surface area contributed by atoms with Crippen molar-refractivity contribution < 1.29 is 4.42 Å². The van der Waals surface area contributed by atoms with Crippen molar-refractivity contribution in [2.24, 2.45) is 12.0 Å². The first kappa shape index (κ1) is 16.7. The molecule has 0 radical (unpaired) electrons. The summed E-state index contributed by atoms with van der Waals surface area (Å²) in [5.41, 5.74) is 1.23. The molecule has 0 fully saturated rings. The van der Waals surface area contributed by atoms with Gasteiger partial charge in [0, 0.05) is 50.0 Å². The topological polar surface area (TPSA) is 45.7 Å². The number of hydrogen-bond acceptors (Lipinski definition) is 2. The summed E-state index contributed by atoms with van der Waals surface area (Å²) < 4.78 is 8.55. The Balaban J connectivity index is 1.97. The third kappa shape index (κ3) is 4.66. The molecule has 2 heterocycles. The Bertz CT molecular complexity index is 604. The highest BCUT2D eigenvalue weighted by atomic mass is 79.9. The van der Waals surface area contributed by atoms with Crippen LogP contribution in [0.5, 0.6) is 0 Å². The van der Waals surface area contributed by atoms with Crippen molar-refractivity contribution in [3.8, 4) is 0 Å². The Morgan fingerprint density at radius 1 is 1.50 bits per heavy atom. The van der Waals surface area contributed by atoms with Crippen LogP contribution >= 0.6 is 15.9 Å². The van der Waals surface area contributed by atoms with Gasteiger partial charge in [0.1, 0.15) is 5.76 Å². The Hall–Kier alpha value is -1.69. The van der Waals surface area contributed by atoms with Crippen LogP contribution in [0.25, 0.3) is 0 Å². The maximum atomic E-state index is 5.34. The van der Waals surface area contributed by atoms with Gasteiger partial charge in [0.2, 0.25) is 0 Å². The third-order valence-corrected chi connectivity index (χ3v) is 3.80. The lowest BCUT2D eigenvalue weighted by molar-refractivity contribution is 0.460. The summed E-state index contributed by atoms with van der Waals surface area (Å²) in [6.45, 7) is 4.43. The van der Waals surface area contributed by atoms with Crippen molar-refractivity contribution in [3.05, 3.63) is 46.6 Å². The Morgan fingerprint density at radius 3 is 2.91 bits per heavy atom. The molecule has 22 heavy (non-hydrogen) atoms. The molecule has 5 nitrogen and oxygen atoms in total. The lowest BCUT2D eigenvalue weighted by Crippen LogP contribution is -2.39. The fraction of sp³-hybridized carbons (Fsp3) is 0.438. The SMILES string of the molecule is CCNC(=NCCc1ccco1)N(C)Cc1cc(Br)cn1C. The molecule has 0 saturated heterocycles. The zero-order valence-corrected chi connectivity index (χ0v) is 14.9. The van der Waals surface area contributed by atoms with Gasteiger partial charge in [-0.2, -0.15) is 0 Å². The van der Waals surface area contributed by atoms with E-state index in [1.165, 1.54) is 5.69 Å². The van der Waals surface area contributed by atoms with Crippen LogP contribution in [0.3, 0.4) is 0 Å². The molecule has 0 aromatic carbocycles. The maximum absolute atomic E-state index is 5.34. The van der Waals surface area contributed by atoms with Crippen LogP contribution < -0.4 is 5.32 Å². The quantitative estimate of drug-likeness (QED) is 0.631. The van der Waals surface area contributed by atoms with E-state index < -0.39 is 0 Å². The average Bonchev–Trinajstić information content (AvgIpc) is 3.08. The first-order valence-corrected chi connectivity index (χ1v) is 8.22. The summed E-state index contributed by atoms with van der Waals surface area (Å²) in [6, 6.07) is 6.01. The summed E-state index contributed by atoms with van der Waals surface area (Å²) in [5, 5.41) is 3.33. The van der Waals surface area contributed by atoms with Crippen molar-refractivity contribution in [2.45, 2.75) is 19.9 Å². The molecule has 0 unspecified atom stereocenters. The van der Waals surface area contributed by atoms with Crippen LogP contribution in [-0.4, -0.2) is 35.6 Å². The summed E-state index contributed by atoms with van der Waals surface area (Å²) in [7, 11) is 4.10. The first-order chi connectivity index (χ1) is 10.6. The Labute approximate surface area is 140 Å². The second kappa shape index (κ2) is 8.08. The number of aromatic nitrogens is 1. The van der Waals surface area contributed by atoms with Crippen LogP contribution in [-0.2, 0) is 20.0 Å². The number of guanidine groups is 1. The Kier molecular flexibility index (Phi) is 6.12. The highest BCUT2D eigenvalue weighted by Crippen LogP contribution is 2.15. The lowest BCUT2D eigenvalue weighted by atomic mass is 10.3. The molecule has 2 aromatic heterocycles. The highest BCUT2D eigenvalue weighted by Gasteiger charge is 2.09. The molecule has 0 aliphatic carbocycles. The molecule has 6 heteroatoms. The number of nitrogens with one attached hydrogen (secondary N) is 1. The van der Waals surface area contributed by atoms with Gasteiger partial charge in [0.25, 0.3) is 0 Å². The predicted octanol–water partition coefficient (Wildman–Crippen LogP) is 3.02. The van der Waals surface area contributed by atoms with Gasteiger partial charge >= 0.3 is 0 Å². The number of rotatable bonds is 6. The zero-order valence-electron chi connectivity index (χ0n) is 13.3. The van der Waals surface area contributed by atoms with E-state index in [0.717, 1.165) is 35.7 Å². The summed E-state index contributed by atoms with van der Waals surface area (Å²) in [6.07, 6.45) is 4.57. The van der Waals surface area contributed by atoms with Crippen LogP contribution in [0.2, 0.25) is 0 Å². The molecule has 0 amide bonds. The summed E-state index contributed by atoms with van der Waals surface area (Å²) in [5.74, 6) is 1.87. The molecule has 0 aliphatic heterocycles. The number of furan rings is 1. The normalized spacial score (nSPS) is 11.7. The van der Waals surface area contributed by atoms with Crippen LogP contribution in [0.15, 0.2) is 44.5 Å². The van der Waals surface area contributed by atoms with Crippen LogP contribution in [0, 0.1) is 0 Å². The molecule has 0 bridgehead atoms. The molecular formula is C16H23BrN4O. The fourth-order valence-electron chi connectivity index (χ4n) is 2.24. The van der Waals surface area contributed by atoms with Crippen molar-refractivity contribution in [2.75, 3.05) is 20.1 Å². The van der Waals surface area contributed by atoms with Gasteiger partial charge in [-0.25, -0.2) is 0 Å². The molecule has 0 atom stereocenters. The molecule has 0 aliphatic rings. The largest absolute Gasteiger partial charge is 0.469 e. The van der Waals surface area contributed by atoms with Gasteiger partial charge in [-0.05, 0) is 41.1 Å². The van der Waals surface area contributed by atoms with Gasteiger partial charge in [-0.3, -0.25) is 4.99 Å². The van der Waals surface area contributed by atoms with Crippen LogP contribution in [0.4, 0.5) is 0 Å². The third-order valence-electron chi connectivity index (χ3n) is 3.37. The van der Waals surface area contributed by atoms with Gasteiger partial charge < -0.3 is 19.2 Å². The van der Waals surface area contributed by atoms with E-state index in [4.69, 9.17) is 4.42 Å². The first-order valence-electron chi connectivity index (χ1n) is 7.42. The average molecular weight is 367 g/mol. The fourth-order valence-corrected chi connectivity index (χ4v) is 2.81. The minimum atomic E-state index is 0.705. The van der Waals surface area contributed by atoms with Gasteiger partial charge in [0.05, 0.1) is 12.8 Å². The second-order valence-corrected chi connectivity index (χ2v) is 6.10. The minimum Gasteiger partial charge on any atom is -0.469 e. The van der Waals surface area contributed by atoms with Crippen LogP contribution in [0.1, 0.15) is 18.4 Å². The molecule has 0 spiro atoms. The zero-order chi connectivity index (χ0) is 15.9. The Morgan fingerprint density at radius 2 is 2.32 bits per heavy atom. The standard InChI is InChI=1S/C16H23BrN4O/c1-4-18-16(19-8-7-15-6-5-9-22-15)21(3)12-14-10-13(17)11-20(14)2/h5-6,9-11H,4,7-8,12H2,1-3H3,(H,18,19). The second-order valence-electron chi connectivity index (χ2n) is 5.18. The van der Waals surface area contributed by atoms with E-state index >= 15 is 0 Å².